The van der Waals surface area contributed by atoms with Gasteiger partial charge in [0.2, 0.25) is 11.8 Å². The predicted octanol–water partition coefficient (Wildman–Crippen LogP) is 8.91. The van der Waals surface area contributed by atoms with Crippen LogP contribution in [0.4, 0.5) is 24.5 Å². The topological polar surface area (TPSA) is 163 Å². The number of rotatable bonds is 14. The van der Waals surface area contributed by atoms with Crippen LogP contribution in [0.2, 0.25) is 0 Å². The van der Waals surface area contributed by atoms with E-state index < -0.39 is 47.4 Å². The Kier molecular flexibility index (Phi) is 13.6. The number of pyridine rings is 1. The van der Waals surface area contributed by atoms with Gasteiger partial charge in [0.1, 0.15) is 23.2 Å². The minimum absolute atomic E-state index is 0.0759. The lowest BCUT2D eigenvalue weighted by Gasteiger charge is -2.39. The number of alkyl halides is 3. The van der Waals surface area contributed by atoms with Crippen molar-refractivity contribution in [3.8, 4) is 5.75 Å². The van der Waals surface area contributed by atoms with Crippen LogP contribution in [0.15, 0.2) is 48.5 Å². The molecule has 17 heteroatoms. The highest BCUT2D eigenvalue weighted by molar-refractivity contribution is 7.18. The number of ether oxygens (including phenoxy) is 1. The monoisotopic (exact) mass is 915 g/mol. The van der Waals surface area contributed by atoms with Crippen LogP contribution in [0.1, 0.15) is 132 Å². The van der Waals surface area contributed by atoms with E-state index in [-0.39, 0.29) is 24.1 Å². The molecule has 1 saturated heterocycles. The van der Waals surface area contributed by atoms with Gasteiger partial charge in [0, 0.05) is 43.2 Å². The van der Waals surface area contributed by atoms with Crippen LogP contribution in [0.3, 0.4) is 0 Å². The minimum Gasteiger partial charge on any atom is -0.494 e. The Morgan fingerprint density at radius 1 is 0.923 bits per heavy atom. The number of nitrogens with one attached hydrogen (secondary N) is 3. The van der Waals surface area contributed by atoms with E-state index in [1.165, 1.54) is 13.2 Å². The Morgan fingerprint density at radius 2 is 1.65 bits per heavy atom. The van der Waals surface area contributed by atoms with E-state index in [0.29, 0.717) is 64.9 Å². The molecule has 4 aliphatic rings. The normalized spacial score (nSPS) is 23.2. The van der Waals surface area contributed by atoms with E-state index in [0.717, 1.165) is 96.6 Å². The Labute approximate surface area is 380 Å². The molecule has 346 valence electrons. The molecule has 3 N–H and O–H groups in total. The second-order valence-electron chi connectivity index (χ2n) is 18.6. The van der Waals surface area contributed by atoms with Gasteiger partial charge in [0.05, 0.1) is 39.1 Å². The van der Waals surface area contributed by atoms with Crippen LogP contribution in [0.25, 0.3) is 10.2 Å². The zero-order valence-electron chi connectivity index (χ0n) is 37.1. The summed E-state index contributed by atoms with van der Waals surface area (Å²) in [5, 5.41) is 9.49. The number of anilines is 2. The number of benzene rings is 2. The zero-order chi connectivity index (χ0) is 46.2. The van der Waals surface area contributed by atoms with E-state index >= 15 is 0 Å². The number of amides is 5. The van der Waals surface area contributed by atoms with Crippen molar-refractivity contribution in [2.75, 3.05) is 37.9 Å². The lowest BCUT2D eigenvalue weighted by Crippen LogP contribution is -2.54. The number of aromatic nitrogens is 2. The smallest absolute Gasteiger partial charge is 0.433 e. The van der Waals surface area contributed by atoms with Gasteiger partial charge >= 0.3 is 6.18 Å². The highest BCUT2D eigenvalue weighted by Crippen LogP contribution is 2.42. The van der Waals surface area contributed by atoms with Crippen molar-refractivity contribution in [2.45, 2.75) is 109 Å². The highest BCUT2D eigenvalue weighted by atomic mass is 32.1. The molecule has 2 aliphatic heterocycles. The number of thiazole rings is 1. The number of halogens is 3. The standard InChI is InChI=1S/C48H56F3N7O6S/c1-26(2)30(24-52-33-8-5-7-32-42(33)47(63)58(46(32)62)37-19-20-41(59)56-44(37)61)21-27-13-17-31(18-14-27)57(3)25-28-11-15-29(16-12-28)45-55-36-22-38(64-4)35(23-39(36)65-45)54-43(60)34-9-6-10-40(53-34)48(49,50)51/h5-10,22-23,26-31,37,52H,11-21,24-25H2,1-4H3,(H,54,60)(H,56,59,61)/t27-,28-,29-,30-,31+,37?/m1/s1. The van der Waals surface area contributed by atoms with Gasteiger partial charge in [-0.15, -0.1) is 11.3 Å². The number of carbonyl (C=O) groups is 5. The van der Waals surface area contributed by atoms with Gasteiger partial charge in [-0.25, -0.2) is 9.97 Å². The van der Waals surface area contributed by atoms with E-state index in [2.05, 4.69) is 46.7 Å². The summed E-state index contributed by atoms with van der Waals surface area (Å²) in [5.41, 5.74) is 0.765. The molecule has 0 spiro atoms. The second kappa shape index (κ2) is 19.2. The summed E-state index contributed by atoms with van der Waals surface area (Å²) in [7, 11) is 3.74. The first kappa shape index (κ1) is 46.1. The average molecular weight is 916 g/mol. The lowest BCUT2D eigenvalue weighted by molar-refractivity contribution is -0.141. The molecule has 4 heterocycles. The summed E-state index contributed by atoms with van der Waals surface area (Å²) in [6.45, 7) is 6.18. The van der Waals surface area contributed by atoms with Crippen molar-refractivity contribution in [3.63, 3.8) is 0 Å². The van der Waals surface area contributed by atoms with Crippen molar-refractivity contribution in [1.29, 1.82) is 0 Å². The molecule has 0 bridgehead atoms. The number of fused-ring (bicyclic) bond motifs is 2. The van der Waals surface area contributed by atoms with Gasteiger partial charge in [0.25, 0.3) is 17.7 Å². The molecule has 2 aliphatic carbocycles. The number of carbonyl (C=O) groups excluding carboxylic acids is 5. The Bertz CT molecular complexity index is 2460. The second-order valence-corrected chi connectivity index (χ2v) is 19.6. The van der Waals surface area contributed by atoms with E-state index in [1.807, 2.05) is 6.07 Å². The quantitative estimate of drug-likeness (QED) is 0.104. The summed E-state index contributed by atoms with van der Waals surface area (Å²) in [6.07, 6.45) is 5.52. The molecule has 65 heavy (non-hydrogen) atoms. The fraction of sp³-hybridized carbons (Fsp3) is 0.521. The maximum absolute atomic E-state index is 13.6. The largest absolute Gasteiger partial charge is 0.494 e. The molecule has 8 rings (SSSR count). The molecular formula is C48H56F3N7O6S. The van der Waals surface area contributed by atoms with Crippen LogP contribution in [-0.4, -0.2) is 88.6 Å². The van der Waals surface area contributed by atoms with Gasteiger partial charge in [0.15, 0.2) is 0 Å². The number of hydrogen-bond donors (Lipinski definition) is 3. The maximum Gasteiger partial charge on any atom is 0.433 e. The first-order valence-electron chi connectivity index (χ1n) is 22.7. The lowest BCUT2D eigenvalue weighted by atomic mass is 9.77. The molecule has 2 aromatic heterocycles. The third-order valence-corrected chi connectivity index (χ3v) is 15.2. The molecule has 2 saturated carbocycles. The van der Waals surface area contributed by atoms with Crippen molar-refractivity contribution >= 4 is 62.5 Å². The number of methoxy groups -OCH3 is 1. The fourth-order valence-corrected chi connectivity index (χ4v) is 11.4. The van der Waals surface area contributed by atoms with Crippen molar-refractivity contribution in [1.82, 2.24) is 25.1 Å². The van der Waals surface area contributed by atoms with Crippen molar-refractivity contribution in [2.24, 2.45) is 23.7 Å². The van der Waals surface area contributed by atoms with Crippen LogP contribution < -0.4 is 20.7 Å². The molecule has 3 fully saturated rings. The van der Waals surface area contributed by atoms with Crippen LogP contribution in [0, 0.1) is 23.7 Å². The molecule has 4 aromatic rings. The van der Waals surface area contributed by atoms with Crippen molar-refractivity contribution < 1.29 is 41.9 Å². The Balaban J connectivity index is 0.801. The number of piperidine rings is 1. The van der Waals surface area contributed by atoms with Crippen LogP contribution >= 0.6 is 11.3 Å². The summed E-state index contributed by atoms with van der Waals surface area (Å²) in [6, 6.07) is 11.5. The third kappa shape index (κ3) is 10.1. The highest BCUT2D eigenvalue weighted by Gasteiger charge is 2.46. The van der Waals surface area contributed by atoms with E-state index in [4.69, 9.17) is 9.72 Å². The van der Waals surface area contributed by atoms with E-state index in [9.17, 15) is 37.1 Å². The van der Waals surface area contributed by atoms with Gasteiger partial charge < -0.3 is 20.3 Å². The van der Waals surface area contributed by atoms with Gasteiger partial charge in [-0.2, -0.15) is 13.2 Å². The maximum atomic E-state index is 13.6. The summed E-state index contributed by atoms with van der Waals surface area (Å²) < 4.78 is 46.0. The molecule has 0 radical (unpaired) electrons. The fourth-order valence-electron chi connectivity index (χ4n) is 10.2. The summed E-state index contributed by atoms with van der Waals surface area (Å²) in [4.78, 5) is 76.3. The van der Waals surface area contributed by atoms with Crippen LogP contribution in [-0.2, 0) is 15.8 Å². The average Bonchev–Trinajstić information content (AvgIpc) is 3.81. The molecule has 1 unspecified atom stereocenters. The van der Waals surface area contributed by atoms with Crippen LogP contribution in [0.5, 0.6) is 5.75 Å². The summed E-state index contributed by atoms with van der Waals surface area (Å²) in [5.74, 6) is -0.150. The van der Waals surface area contributed by atoms with Gasteiger partial charge in [-0.3, -0.25) is 34.2 Å². The first-order valence-corrected chi connectivity index (χ1v) is 23.5. The van der Waals surface area contributed by atoms with E-state index in [1.54, 1.807) is 35.6 Å². The zero-order valence-corrected chi connectivity index (χ0v) is 37.9. The van der Waals surface area contributed by atoms with Gasteiger partial charge in [-0.1, -0.05) is 26.0 Å². The molecule has 5 amide bonds. The first-order chi connectivity index (χ1) is 31.1. The number of nitrogens with zero attached hydrogens (tertiary/aromatic N) is 4. The SMILES string of the molecule is COc1cc2nc([C@H]3CC[C@H](CN(C)[C@H]4CC[C@@H](C[C@H](CNc5cccc6c5C(=O)N(C5CCC(=O)NC5=O)C6=O)C(C)C)CC4)CC3)sc2cc1NC(=O)c1cccc(C(F)(F)F)n1. The molecule has 2 aromatic carbocycles. The summed E-state index contributed by atoms with van der Waals surface area (Å²) >= 11 is 1.58. The van der Waals surface area contributed by atoms with Crippen molar-refractivity contribution in [3.05, 3.63) is 76.1 Å². The number of imide groups is 2. The third-order valence-electron chi connectivity index (χ3n) is 14.0. The molecular weight excluding hydrogens is 860 g/mol. The Morgan fingerprint density at radius 3 is 2.34 bits per heavy atom. The van der Waals surface area contributed by atoms with Gasteiger partial charge in [-0.05, 0) is 125 Å². The minimum atomic E-state index is -4.67. The molecule has 2 atom stereocenters. The Hall–Kier alpha value is -5.42. The predicted molar refractivity (Wildman–Crippen MR) is 241 cm³/mol. The number of hydrogen-bond acceptors (Lipinski definition) is 11. The molecule has 13 nitrogen and oxygen atoms in total.